The molecule has 0 aliphatic heterocycles. The molecule has 2 amide bonds. The first-order valence-corrected chi connectivity index (χ1v) is 7.41. The zero-order valence-corrected chi connectivity index (χ0v) is 13.0. The Kier molecular flexibility index (Phi) is 4.29. The van der Waals surface area contributed by atoms with Crippen molar-refractivity contribution in [2.24, 2.45) is 0 Å². The van der Waals surface area contributed by atoms with Crippen molar-refractivity contribution in [3.63, 3.8) is 0 Å². The average molecular weight is 325 g/mol. The van der Waals surface area contributed by atoms with Gasteiger partial charge in [0.2, 0.25) is 5.56 Å². The van der Waals surface area contributed by atoms with E-state index in [4.69, 9.17) is 0 Å². The summed E-state index contributed by atoms with van der Waals surface area (Å²) in [7, 11) is 1.62. The maximum Gasteiger partial charge on any atom is 0.321 e. The summed E-state index contributed by atoms with van der Waals surface area (Å²) in [6, 6.07) is 14.2. The van der Waals surface area contributed by atoms with E-state index >= 15 is 0 Å². The van der Waals surface area contributed by atoms with Crippen molar-refractivity contribution in [2.45, 2.75) is 6.54 Å². The Labute approximate surface area is 137 Å². The minimum atomic E-state index is -0.420. The lowest BCUT2D eigenvalue weighted by Gasteiger charge is -2.19. The number of H-pyrrole nitrogens is 1. The van der Waals surface area contributed by atoms with E-state index in [-0.39, 0.29) is 18.1 Å². The summed E-state index contributed by atoms with van der Waals surface area (Å²) in [5.74, 6) is -0.420. The lowest BCUT2D eigenvalue weighted by molar-refractivity contribution is 0.221. The molecule has 0 unspecified atom stereocenters. The van der Waals surface area contributed by atoms with Crippen molar-refractivity contribution < 1.29 is 9.18 Å². The number of rotatable bonds is 3. The molecular formula is C18H16FN3O2. The first kappa shape index (κ1) is 15.7. The number of carbonyl (C=O) groups is 1. The number of hydrogen-bond donors (Lipinski definition) is 2. The molecule has 2 N–H and O–H groups in total. The second-order valence-corrected chi connectivity index (χ2v) is 5.50. The molecule has 3 aromatic rings. The minimum Gasteiger partial charge on any atom is -0.323 e. The van der Waals surface area contributed by atoms with Crippen molar-refractivity contribution >= 4 is 22.6 Å². The van der Waals surface area contributed by atoms with Crippen molar-refractivity contribution in [3.05, 3.63) is 76.3 Å². The van der Waals surface area contributed by atoms with Gasteiger partial charge in [-0.25, -0.2) is 9.18 Å². The number of fused-ring (bicyclic) bond motifs is 1. The molecule has 0 aliphatic rings. The van der Waals surface area contributed by atoms with Crippen LogP contribution in [0.2, 0.25) is 0 Å². The van der Waals surface area contributed by atoms with E-state index in [1.165, 1.54) is 29.2 Å². The number of halogens is 1. The van der Waals surface area contributed by atoms with E-state index < -0.39 is 5.82 Å². The van der Waals surface area contributed by atoms with Gasteiger partial charge in [0.05, 0.1) is 0 Å². The highest BCUT2D eigenvalue weighted by molar-refractivity contribution is 5.89. The first-order valence-electron chi connectivity index (χ1n) is 7.41. The molecule has 0 saturated carbocycles. The topological polar surface area (TPSA) is 65.2 Å². The number of nitrogens with one attached hydrogen (secondary N) is 2. The van der Waals surface area contributed by atoms with Crippen LogP contribution in [-0.4, -0.2) is 23.0 Å². The van der Waals surface area contributed by atoms with Crippen LogP contribution in [0.4, 0.5) is 14.9 Å². The molecule has 0 atom stereocenters. The summed E-state index contributed by atoms with van der Waals surface area (Å²) < 4.78 is 13.2. The quantitative estimate of drug-likeness (QED) is 0.776. The third kappa shape index (κ3) is 3.43. The fourth-order valence-electron chi connectivity index (χ4n) is 2.52. The lowest BCUT2D eigenvalue weighted by Crippen LogP contribution is -2.31. The van der Waals surface area contributed by atoms with Crippen LogP contribution in [0.3, 0.4) is 0 Å². The molecule has 0 aliphatic carbocycles. The van der Waals surface area contributed by atoms with E-state index in [0.717, 1.165) is 16.5 Å². The second-order valence-electron chi connectivity index (χ2n) is 5.50. The van der Waals surface area contributed by atoms with Gasteiger partial charge in [0.25, 0.3) is 0 Å². The maximum atomic E-state index is 13.2. The number of nitrogens with zero attached hydrogens (tertiary/aromatic N) is 1. The third-order valence-corrected chi connectivity index (χ3v) is 3.67. The predicted molar refractivity (Wildman–Crippen MR) is 91.5 cm³/mol. The van der Waals surface area contributed by atoms with Crippen molar-refractivity contribution in [2.75, 3.05) is 12.4 Å². The molecule has 3 rings (SSSR count). The monoisotopic (exact) mass is 325 g/mol. The Morgan fingerprint density at radius 2 is 1.96 bits per heavy atom. The standard InChI is InChI=1S/C18H16FN3O2/c1-22(18(24)20-14-6-4-5-13(19)10-14)11-12-9-17(23)21-16-8-3-2-7-15(12)16/h2-10H,11H2,1H3,(H,20,24)(H,21,23). The number of urea groups is 1. The van der Waals surface area contributed by atoms with E-state index in [1.807, 2.05) is 24.3 Å². The van der Waals surface area contributed by atoms with Crippen LogP contribution in [0, 0.1) is 5.82 Å². The van der Waals surface area contributed by atoms with Gasteiger partial charge >= 0.3 is 6.03 Å². The zero-order chi connectivity index (χ0) is 17.1. The fourth-order valence-corrected chi connectivity index (χ4v) is 2.52. The maximum absolute atomic E-state index is 13.2. The van der Waals surface area contributed by atoms with E-state index in [2.05, 4.69) is 10.3 Å². The Hall–Kier alpha value is -3.15. The van der Waals surface area contributed by atoms with Crippen LogP contribution >= 0.6 is 0 Å². The van der Waals surface area contributed by atoms with Gasteiger partial charge in [-0.1, -0.05) is 24.3 Å². The SMILES string of the molecule is CN(Cc1cc(=O)[nH]c2ccccc12)C(=O)Nc1cccc(F)c1. The molecule has 0 radical (unpaired) electrons. The molecule has 0 spiro atoms. The number of aromatic amines is 1. The van der Waals surface area contributed by atoms with Crippen LogP contribution in [0.25, 0.3) is 10.9 Å². The van der Waals surface area contributed by atoms with Crippen LogP contribution in [0.15, 0.2) is 59.4 Å². The molecule has 0 fully saturated rings. The molecule has 0 saturated heterocycles. The van der Waals surface area contributed by atoms with Gasteiger partial charge in [-0.05, 0) is 29.8 Å². The van der Waals surface area contributed by atoms with E-state index in [1.54, 1.807) is 13.1 Å². The number of benzene rings is 2. The summed E-state index contributed by atoms with van der Waals surface area (Å²) in [4.78, 5) is 28.2. The molecule has 24 heavy (non-hydrogen) atoms. The van der Waals surface area contributed by atoms with Gasteiger partial charge in [0, 0.05) is 36.2 Å². The number of hydrogen-bond acceptors (Lipinski definition) is 2. The summed E-state index contributed by atoms with van der Waals surface area (Å²) >= 11 is 0. The van der Waals surface area contributed by atoms with E-state index in [0.29, 0.717) is 5.69 Å². The van der Waals surface area contributed by atoms with E-state index in [9.17, 15) is 14.0 Å². The summed E-state index contributed by atoms with van der Waals surface area (Å²) in [6.07, 6.45) is 0. The number of carbonyl (C=O) groups excluding carboxylic acids is 1. The summed E-state index contributed by atoms with van der Waals surface area (Å²) in [5, 5.41) is 3.50. The largest absolute Gasteiger partial charge is 0.323 e. The highest BCUT2D eigenvalue weighted by Crippen LogP contribution is 2.17. The minimum absolute atomic E-state index is 0.220. The van der Waals surface area contributed by atoms with Crippen LogP contribution in [-0.2, 0) is 6.54 Å². The van der Waals surface area contributed by atoms with Gasteiger partial charge in [0.15, 0.2) is 0 Å². The van der Waals surface area contributed by atoms with Crippen molar-refractivity contribution in [1.29, 1.82) is 0 Å². The molecule has 1 aromatic heterocycles. The first-order chi connectivity index (χ1) is 11.5. The van der Waals surface area contributed by atoms with Gasteiger partial charge in [-0.15, -0.1) is 0 Å². The van der Waals surface area contributed by atoms with Gasteiger partial charge in [-0.2, -0.15) is 0 Å². The summed E-state index contributed by atoms with van der Waals surface area (Å²) in [6.45, 7) is 0.256. The molecule has 1 heterocycles. The summed E-state index contributed by atoms with van der Waals surface area (Å²) in [5.41, 5.74) is 1.62. The number of pyridine rings is 1. The number of anilines is 1. The van der Waals surface area contributed by atoms with Gasteiger partial charge in [-0.3, -0.25) is 4.79 Å². The molecule has 0 bridgehead atoms. The molecular weight excluding hydrogens is 309 g/mol. The van der Waals surface area contributed by atoms with Crippen LogP contribution in [0.1, 0.15) is 5.56 Å². The van der Waals surface area contributed by atoms with Crippen LogP contribution < -0.4 is 10.9 Å². The Morgan fingerprint density at radius 3 is 2.75 bits per heavy atom. The molecule has 6 heteroatoms. The molecule has 122 valence electrons. The highest BCUT2D eigenvalue weighted by atomic mass is 19.1. The third-order valence-electron chi connectivity index (χ3n) is 3.67. The second kappa shape index (κ2) is 6.54. The normalized spacial score (nSPS) is 10.6. The van der Waals surface area contributed by atoms with Gasteiger partial charge in [0.1, 0.15) is 5.82 Å². The smallest absolute Gasteiger partial charge is 0.321 e. The Bertz CT molecular complexity index is 952. The Balaban J connectivity index is 1.80. The van der Waals surface area contributed by atoms with Crippen molar-refractivity contribution in [1.82, 2.24) is 9.88 Å². The van der Waals surface area contributed by atoms with Gasteiger partial charge < -0.3 is 15.2 Å². The Morgan fingerprint density at radius 1 is 1.17 bits per heavy atom. The number of para-hydroxylation sites is 1. The number of aromatic nitrogens is 1. The average Bonchev–Trinajstić information content (AvgIpc) is 2.54. The molecule has 5 nitrogen and oxygen atoms in total. The highest BCUT2D eigenvalue weighted by Gasteiger charge is 2.12. The van der Waals surface area contributed by atoms with Crippen molar-refractivity contribution in [3.8, 4) is 0 Å². The zero-order valence-electron chi connectivity index (χ0n) is 13.0. The molecule has 2 aromatic carbocycles. The predicted octanol–water partition coefficient (Wildman–Crippen LogP) is 3.33. The lowest BCUT2D eigenvalue weighted by atomic mass is 10.1. The fraction of sp³-hybridized carbons (Fsp3) is 0.111. The van der Waals surface area contributed by atoms with Crippen LogP contribution in [0.5, 0.6) is 0 Å². The number of amides is 2.